The van der Waals surface area contributed by atoms with Gasteiger partial charge in [0.25, 0.3) is 5.91 Å². The van der Waals surface area contributed by atoms with Crippen molar-refractivity contribution in [2.45, 2.75) is 25.5 Å². The van der Waals surface area contributed by atoms with E-state index in [-0.39, 0.29) is 17.9 Å². The van der Waals surface area contributed by atoms with Gasteiger partial charge in [0.15, 0.2) is 5.78 Å². The summed E-state index contributed by atoms with van der Waals surface area (Å²) in [6.07, 6.45) is 6.08. The van der Waals surface area contributed by atoms with Gasteiger partial charge in [-0.05, 0) is 43.0 Å². The molecule has 1 N–H and O–H groups in total. The summed E-state index contributed by atoms with van der Waals surface area (Å²) in [6, 6.07) is 16.3. The summed E-state index contributed by atoms with van der Waals surface area (Å²) in [5.74, 6) is -0.181. The number of rotatable bonds is 5. The zero-order chi connectivity index (χ0) is 17.5. The Bertz CT molecular complexity index is 744. The van der Waals surface area contributed by atoms with Crippen LogP contribution in [0.25, 0.3) is 6.08 Å². The fourth-order valence-corrected chi connectivity index (χ4v) is 2.70. The molecular weight excluding hydrogens is 314 g/mol. The highest BCUT2D eigenvalue weighted by molar-refractivity contribution is 6.06. The van der Waals surface area contributed by atoms with Crippen molar-refractivity contribution in [2.24, 2.45) is 0 Å². The zero-order valence-corrected chi connectivity index (χ0v) is 14.0. The molecule has 4 heteroatoms. The lowest BCUT2D eigenvalue weighted by atomic mass is 10.1. The molecule has 0 bridgehead atoms. The van der Waals surface area contributed by atoms with Crippen LogP contribution < -0.4 is 5.32 Å². The molecule has 2 aromatic carbocycles. The number of ether oxygens (including phenoxy) is 1. The summed E-state index contributed by atoms with van der Waals surface area (Å²) in [5.41, 5.74) is 2.11. The topological polar surface area (TPSA) is 55.4 Å². The Labute approximate surface area is 147 Å². The number of allylic oxidation sites excluding steroid dienone is 1. The molecule has 1 aliphatic rings. The van der Waals surface area contributed by atoms with Crippen molar-refractivity contribution >= 4 is 17.8 Å². The normalized spacial score (nSPS) is 17.4. The molecule has 0 aliphatic carbocycles. The van der Waals surface area contributed by atoms with Gasteiger partial charge in [-0.1, -0.05) is 48.5 Å². The van der Waals surface area contributed by atoms with Gasteiger partial charge < -0.3 is 10.1 Å². The first-order valence-electron chi connectivity index (χ1n) is 8.52. The summed E-state index contributed by atoms with van der Waals surface area (Å²) >= 11 is 0. The number of carbonyl (C=O) groups is 2. The molecule has 4 nitrogen and oxygen atoms in total. The molecule has 1 amide bonds. The number of benzene rings is 2. The van der Waals surface area contributed by atoms with Crippen LogP contribution in [0.2, 0.25) is 0 Å². The molecule has 0 saturated carbocycles. The molecule has 3 rings (SSSR count). The van der Waals surface area contributed by atoms with Gasteiger partial charge in [0.1, 0.15) is 6.23 Å². The van der Waals surface area contributed by atoms with E-state index in [1.807, 2.05) is 30.3 Å². The van der Waals surface area contributed by atoms with E-state index in [4.69, 9.17) is 4.74 Å². The van der Waals surface area contributed by atoms with Crippen LogP contribution in [0.1, 0.15) is 45.5 Å². The van der Waals surface area contributed by atoms with Gasteiger partial charge >= 0.3 is 0 Å². The second kappa shape index (κ2) is 8.40. The van der Waals surface area contributed by atoms with Crippen LogP contribution in [0.4, 0.5) is 0 Å². The number of carbonyl (C=O) groups excluding carboxylic acids is 2. The molecule has 2 aromatic rings. The Morgan fingerprint density at radius 3 is 2.40 bits per heavy atom. The summed E-state index contributed by atoms with van der Waals surface area (Å²) in [5, 5.41) is 2.89. The van der Waals surface area contributed by atoms with Gasteiger partial charge in [-0.3, -0.25) is 9.59 Å². The van der Waals surface area contributed by atoms with Gasteiger partial charge in [0, 0.05) is 17.7 Å². The molecule has 1 aliphatic heterocycles. The van der Waals surface area contributed by atoms with Crippen molar-refractivity contribution in [2.75, 3.05) is 6.61 Å². The average Bonchev–Trinajstić information content (AvgIpc) is 2.68. The minimum Gasteiger partial charge on any atom is -0.359 e. The molecule has 0 aromatic heterocycles. The quantitative estimate of drug-likeness (QED) is 0.667. The predicted molar refractivity (Wildman–Crippen MR) is 97.3 cm³/mol. The van der Waals surface area contributed by atoms with Crippen molar-refractivity contribution in [3.05, 3.63) is 77.4 Å². The second-order valence-corrected chi connectivity index (χ2v) is 6.01. The van der Waals surface area contributed by atoms with Crippen molar-refractivity contribution in [3.63, 3.8) is 0 Å². The largest absolute Gasteiger partial charge is 0.359 e. The van der Waals surface area contributed by atoms with Crippen LogP contribution in [0.3, 0.4) is 0 Å². The lowest BCUT2D eigenvalue weighted by molar-refractivity contribution is -0.00266. The lowest BCUT2D eigenvalue weighted by Crippen LogP contribution is -2.38. The molecule has 1 heterocycles. The number of hydrogen-bond acceptors (Lipinski definition) is 3. The Morgan fingerprint density at radius 1 is 0.960 bits per heavy atom. The molecule has 1 unspecified atom stereocenters. The van der Waals surface area contributed by atoms with Crippen LogP contribution in [-0.4, -0.2) is 24.5 Å². The third kappa shape index (κ3) is 4.88. The van der Waals surface area contributed by atoms with Gasteiger partial charge in [-0.25, -0.2) is 0 Å². The molecule has 0 radical (unpaired) electrons. The standard InChI is InChI=1S/C21H21NO3/c23-19(17-6-2-1-3-7-17)14-11-16-9-12-18(13-10-16)21(24)22-20-8-4-5-15-25-20/h1-3,6-7,9-14,20H,4-5,8,15H2,(H,22,24). The zero-order valence-electron chi connectivity index (χ0n) is 14.0. The van der Waals surface area contributed by atoms with Gasteiger partial charge in [-0.2, -0.15) is 0 Å². The number of nitrogens with one attached hydrogen (secondary N) is 1. The third-order valence-corrected chi connectivity index (χ3v) is 4.13. The first kappa shape index (κ1) is 17.1. The molecule has 25 heavy (non-hydrogen) atoms. The highest BCUT2D eigenvalue weighted by Crippen LogP contribution is 2.12. The van der Waals surface area contributed by atoms with Crippen LogP contribution in [0.15, 0.2) is 60.7 Å². The molecule has 1 atom stereocenters. The Hall–Kier alpha value is -2.72. The average molecular weight is 335 g/mol. The van der Waals surface area contributed by atoms with Crippen LogP contribution in [0.5, 0.6) is 0 Å². The van der Waals surface area contributed by atoms with Crippen molar-refractivity contribution in [3.8, 4) is 0 Å². The highest BCUT2D eigenvalue weighted by atomic mass is 16.5. The monoisotopic (exact) mass is 335 g/mol. The minimum atomic E-state index is -0.190. The smallest absolute Gasteiger partial charge is 0.253 e. The highest BCUT2D eigenvalue weighted by Gasteiger charge is 2.16. The van der Waals surface area contributed by atoms with E-state index in [0.29, 0.717) is 17.7 Å². The van der Waals surface area contributed by atoms with Crippen LogP contribution in [-0.2, 0) is 4.74 Å². The molecule has 1 fully saturated rings. The fraction of sp³-hybridized carbons (Fsp3) is 0.238. The summed E-state index contributed by atoms with van der Waals surface area (Å²) in [4.78, 5) is 24.3. The van der Waals surface area contributed by atoms with E-state index in [2.05, 4.69) is 5.32 Å². The van der Waals surface area contributed by atoms with Crippen LogP contribution >= 0.6 is 0 Å². The van der Waals surface area contributed by atoms with E-state index < -0.39 is 0 Å². The fourth-order valence-electron chi connectivity index (χ4n) is 2.70. The van der Waals surface area contributed by atoms with E-state index in [1.54, 1.807) is 36.4 Å². The maximum Gasteiger partial charge on any atom is 0.253 e. The molecular formula is C21H21NO3. The van der Waals surface area contributed by atoms with Gasteiger partial charge in [0.2, 0.25) is 0 Å². The van der Waals surface area contributed by atoms with E-state index >= 15 is 0 Å². The van der Waals surface area contributed by atoms with E-state index in [0.717, 1.165) is 24.8 Å². The maximum absolute atomic E-state index is 12.2. The lowest BCUT2D eigenvalue weighted by Gasteiger charge is -2.23. The van der Waals surface area contributed by atoms with E-state index in [1.165, 1.54) is 0 Å². The Balaban J connectivity index is 1.59. The summed E-state index contributed by atoms with van der Waals surface area (Å²) in [6.45, 7) is 0.699. The number of hydrogen-bond donors (Lipinski definition) is 1. The second-order valence-electron chi connectivity index (χ2n) is 6.01. The molecule has 1 saturated heterocycles. The third-order valence-electron chi connectivity index (χ3n) is 4.13. The summed E-state index contributed by atoms with van der Waals surface area (Å²) in [7, 11) is 0. The first-order valence-corrected chi connectivity index (χ1v) is 8.52. The summed E-state index contributed by atoms with van der Waals surface area (Å²) < 4.78 is 5.52. The first-order chi connectivity index (χ1) is 12.2. The molecule has 0 spiro atoms. The number of ketones is 1. The Morgan fingerprint density at radius 2 is 1.72 bits per heavy atom. The predicted octanol–water partition coefficient (Wildman–Crippen LogP) is 3.84. The number of amides is 1. The maximum atomic E-state index is 12.2. The Kier molecular flexibility index (Phi) is 5.75. The van der Waals surface area contributed by atoms with Crippen molar-refractivity contribution in [1.29, 1.82) is 0 Å². The van der Waals surface area contributed by atoms with Crippen molar-refractivity contribution < 1.29 is 14.3 Å². The van der Waals surface area contributed by atoms with Gasteiger partial charge in [0.05, 0.1) is 0 Å². The SMILES string of the molecule is O=C(C=Cc1ccc(C(=O)NC2CCCCO2)cc1)c1ccccc1. The van der Waals surface area contributed by atoms with Gasteiger partial charge in [-0.15, -0.1) is 0 Å². The van der Waals surface area contributed by atoms with Crippen molar-refractivity contribution in [1.82, 2.24) is 5.32 Å². The van der Waals surface area contributed by atoms with Crippen LogP contribution in [0, 0.1) is 0 Å². The van der Waals surface area contributed by atoms with E-state index in [9.17, 15) is 9.59 Å². The molecule has 128 valence electrons. The minimum absolute atomic E-state index is 0.0446.